The number of aromatic nitrogens is 1. The molecule has 0 bridgehead atoms. The maximum Gasteiger partial charge on any atom is 0.0795 e. The van der Waals surface area contributed by atoms with Crippen LogP contribution in [0, 0.1) is 5.41 Å². The second kappa shape index (κ2) is 5.05. The molecule has 0 aliphatic heterocycles. The van der Waals surface area contributed by atoms with Crippen LogP contribution < -0.4 is 0 Å². The van der Waals surface area contributed by atoms with Crippen molar-refractivity contribution < 1.29 is 5.11 Å². The first-order valence-electron chi connectivity index (χ1n) is 5.15. The molecule has 1 heterocycles. The maximum atomic E-state index is 9.61. The second-order valence-corrected chi connectivity index (χ2v) is 5.54. The number of nitrogens with zero attached hydrogens (tertiary/aromatic N) is 2. The first-order chi connectivity index (χ1) is 6.92. The van der Waals surface area contributed by atoms with Crippen molar-refractivity contribution in [1.29, 1.82) is 0 Å². The third kappa shape index (κ3) is 3.89. The molecule has 0 radical (unpaired) electrons. The molecule has 1 atom stereocenters. The molecular formula is C11H20N2OS. The Bertz CT molecular complexity index is 283. The minimum atomic E-state index is -0.296. The van der Waals surface area contributed by atoms with E-state index in [4.69, 9.17) is 0 Å². The van der Waals surface area contributed by atoms with E-state index in [9.17, 15) is 5.11 Å². The number of aliphatic hydroxyl groups excluding tert-OH is 1. The number of hydrogen-bond donors (Lipinski definition) is 1. The Morgan fingerprint density at radius 1 is 1.60 bits per heavy atom. The van der Waals surface area contributed by atoms with Gasteiger partial charge in [-0.25, -0.2) is 4.98 Å². The fourth-order valence-electron chi connectivity index (χ4n) is 1.48. The van der Waals surface area contributed by atoms with Gasteiger partial charge in [-0.2, -0.15) is 0 Å². The molecule has 0 spiro atoms. The summed E-state index contributed by atoms with van der Waals surface area (Å²) in [6, 6.07) is 0. The lowest BCUT2D eigenvalue weighted by Gasteiger charge is -2.32. The highest BCUT2D eigenvalue weighted by Crippen LogP contribution is 2.22. The Kier molecular flexibility index (Phi) is 4.25. The van der Waals surface area contributed by atoms with Gasteiger partial charge >= 0.3 is 0 Å². The van der Waals surface area contributed by atoms with Gasteiger partial charge in [0, 0.05) is 23.9 Å². The first kappa shape index (κ1) is 12.6. The number of aliphatic hydroxyl groups is 1. The summed E-state index contributed by atoms with van der Waals surface area (Å²) in [5.74, 6) is 0. The molecule has 0 amide bonds. The molecule has 0 saturated carbocycles. The average Bonchev–Trinajstić information content (AvgIpc) is 2.54. The van der Waals surface area contributed by atoms with Crippen molar-refractivity contribution >= 4 is 11.3 Å². The van der Waals surface area contributed by atoms with Crippen molar-refractivity contribution in [2.45, 2.75) is 33.4 Å². The van der Waals surface area contributed by atoms with E-state index >= 15 is 0 Å². The van der Waals surface area contributed by atoms with E-state index in [1.807, 2.05) is 12.4 Å². The quantitative estimate of drug-likeness (QED) is 0.837. The fourth-order valence-corrected chi connectivity index (χ4v) is 2.03. The van der Waals surface area contributed by atoms with Crippen molar-refractivity contribution in [2.24, 2.45) is 5.41 Å². The first-order valence-corrected chi connectivity index (χ1v) is 6.10. The van der Waals surface area contributed by atoms with Crippen molar-refractivity contribution in [1.82, 2.24) is 9.88 Å². The van der Waals surface area contributed by atoms with Gasteiger partial charge in [-0.3, -0.25) is 4.90 Å². The molecule has 0 aliphatic carbocycles. The lowest BCUT2D eigenvalue weighted by Crippen LogP contribution is -2.38. The van der Waals surface area contributed by atoms with Crippen molar-refractivity contribution in [3.63, 3.8) is 0 Å². The Morgan fingerprint density at radius 3 is 2.73 bits per heavy atom. The molecular weight excluding hydrogens is 208 g/mol. The number of hydrogen-bond acceptors (Lipinski definition) is 4. The molecule has 15 heavy (non-hydrogen) atoms. The normalized spacial score (nSPS) is 14.5. The van der Waals surface area contributed by atoms with Gasteiger partial charge in [-0.05, 0) is 14.0 Å². The standard InChI is InChI=1S/C11H20N2OS/c1-9(14)11(2,3)7-13(4)5-10-6-15-8-12-10/h6,8-9,14H,5,7H2,1-4H3. The van der Waals surface area contributed by atoms with Gasteiger partial charge in [0.25, 0.3) is 0 Å². The average molecular weight is 228 g/mol. The lowest BCUT2D eigenvalue weighted by molar-refractivity contribution is 0.0389. The van der Waals surface area contributed by atoms with E-state index in [1.165, 1.54) is 0 Å². The lowest BCUT2D eigenvalue weighted by atomic mass is 9.87. The van der Waals surface area contributed by atoms with E-state index in [-0.39, 0.29) is 11.5 Å². The summed E-state index contributed by atoms with van der Waals surface area (Å²) in [6.07, 6.45) is -0.296. The molecule has 1 N–H and O–H groups in total. The van der Waals surface area contributed by atoms with Gasteiger partial charge in [0.2, 0.25) is 0 Å². The minimum absolute atomic E-state index is 0.0786. The van der Waals surface area contributed by atoms with Crippen LogP contribution in [-0.2, 0) is 6.54 Å². The third-order valence-corrected chi connectivity index (χ3v) is 3.36. The van der Waals surface area contributed by atoms with Crippen molar-refractivity contribution in [3.05, 3.63) is 16.6 Å². The van der Waals surface area contributed by atoms with E-state index < -0.39 is 0 Å². The molecule has 0 saturated heterocycles. The van der Waals surface area contributed by atoms with Crippen LogP contribution in [0.4, 0.5) is 0 Å². The molecule has 4 heteroatoms. The monoisotopic (exact) mass is 228 g/mol. The van der Waals surface area contributed by atoms with Gasteiger partial charge in [0.15, 0.2) is 0 Å². The van der Waals surface area contributed by atoms with Crippen LogP contribution in [0.1, 0.15) is 26.5 Å². The highest BCUT2D eigenvalue weighted by Gasteiger charge is 2.25. The third-order valence-electron chi connectivity index (χ3n) is 2.72. The molecule has 1 aromatic heterocycles. The Labute approximate surface area is 95.8 Å². The van der Waals surface area contributed by atoms with Crippen LogP contribution in [0.15, 0.2) is 10.9 Å². The molecule has 0 aliphatic rings. The zero-order valence-electron chi connectivity index (χ0n) is 9.90. The summed E-state index contributed by atoms with van der Waals surface area (Å²) >= 11 is 1.62. The van der Waals surface area contributed by atoms with Gasteiger partial charge in [0.1, 0.15) is 0 Å². The van der Waals surface area contributed by atoms with Crippen LogP contribution in [0.25, 0.3) is 0 Å². The van der Waals surface area contributed by atoms with Crippen LogP contribution in [0.3, 0.4) is 0 Å². The van der Waals surface area contributed by atoms with Crippen LogP contribution in [0.2, 0.25) is 0 Å². The zero-order valence-corrected chi connectivity index (χ0v) is 10.7. The molecule has 3 nitrogen and oxygen atoms in total. The summed E-state index contributed by atoms with van der Waals surface area (Å²) in [4.78, 5) is 6.44. The fraction of sp³-hybridized carbons (Fsp3) is 0.727. The van der Waals surface area contributed by atoms with E-state index in [0.29, 0.717) is 0 Å². The second-order valence-electron chi connectivity index (χ2n) is 4.82. The van der Waals surface area contributed by atoms with Crippen LogP contribution >= 0.6 is 11.3 Å². The Morgan fingerprint density at radius 2 is 2.27 bits per heavy atom. The smallest absolute Gasteiger partial charge is 0.0795 e. The summed E-state index contributed by atoms with van der Waals surface area (Å²) in [5.41, 5.74) is 2.87. The Balaban J connectivity index is 2.45. The summed E-state index contributed by atoms with van der Waals surface area (Å²) < 4.78 is 0. The van der Waals surface area contributed by atoms with Crippen molar-refractivity contribution in [2.75, 3.05) is 13.6 Å². The summed E-state index contributed by atoms with van der Waals surface area (Å²) in [5, 5.41) is 11.7. The molecule has 0 fully saturated rings. The molecule has 1 unspecified atom stereocenters. The summed E-state index contributed by atoms with van der Waals surface area (Å²) in [6.45, 7) is 7.71. The van der Waals surface area contributed by atoms with Gasteiger partial charge < -0.3 is 5.11 Å². The minimum Gasteiger partial charge on any atom is -0.393 e. The van der Waals surface area contributed by atoms with E-state index in [2.05, 4.69) is 36.2 Å². The van der Waals surface area contributed by atoms with E-state index in [1.54, 1.807) is 11.3 Å². The molecule has 0 aromatic carbocycles. The number of rotatable bonds is 5. The highest BCUT2D eigenvalue weighted by molar-refractivity contribution is 7.07. The van der Waals surface area contributed by atoms with Gasteiger partial charge in [-0.15, -0.1) is 11.3 Å². The predicted octanol–water partition coefficient (Wildman–Crippen LogP) is 1.98. The van der Waals surface area contributed by atoms with Gasteiger partial charge in [-0.1, -0.05) is 13.8 Å². The highest BCUT2D eigenvalue weighted by atomic mass is 32.1. The predicted molar refractivity (Wildman–Crippen MR) is 63.9 cm³/mol. The SMILES string of the molecule is CC(O)C(C)(C)CN(C)Cc1cscn1. The van der Waals surface area contributed by atoms with Gasteiger partial charge in [0.05, 0.1) is 17.3 Å². The van der Waals surface area contributed by atoms with E-state index in [0.717, 1.165) is 18.8 Å². The maximum absolute atomic E-state index is 9.61. The Hall–Kier alpha value is -0.450. The summed E-state index contributed by atoms with van der Waals surface area (Å²) in [7, 11) is 2.06. The largest absolute Gasteiger partial charge is 0.393 e. The molecule has 1 rings (SSSR count). The topological polar surface area (TPSA) is 36.4 Å². The van der Waals surface area contributed by atoms with Crippen LogP contribution in [-0.4, -0.2) is 34.7 Å². The van der Waals surface area contributed by atoms with Crippen molar-refractivity contribution in [3.8, 4) is 0 Å². The number of thiazole rings is 1. The molecule has 1 aromatic rings. The van der Waals surface area contributed by atoms with Crippen LogP contribution in [0.5, 0.6) is 0 Å². The zero-order chi connectivity index (χ0) is 11.5. The molecule has 86 valence electrons.